The van der Waals surface area contributed by atoms with Crippen LogP contribution in [0.2, 0.25) is 0 Å². The van der Waals surface area contributed by atoms with Gasteiger partial charge in [-0.05, 0) is 53.3 Å². The summed E-state index contributed by atoms with van der Waals surface area (Å²) in [6, 6.07) is 14.2. The second-order valence-corrected chi connectivity index (χ2v) is 4.95. The van der Waals surface area contributed by atoms with E-state index in [2.05, 4.69) is 53.0 Å². The number of methoxy groups -OCH3 is 1. The van der Waals surface area contributed by atoms with Gasteiger partial charge in [0.15, 0.2) is 0 Å². The highest BCUT2D eigenvalue weighted by Gasteiger charge is 2.03. The smallest absolute Gasteiger partial charge is 0.120 e. The van der Waals surface area contributed by atoms with Gasteiger partial charge in [-0.25, -0.2) is 0 Å². The van der Waals surface area contributed by atoms with Crippen LogP contribution >= 0.6 is 22.6 Å². The van der Waals surface area contributed by atoms with Gasteiger partial charge in [0, 0.05) is 15.3 Å². The summed E-state index contributed by atoms with van der Waals surface area (Å²) in [4.78, 5) is 0. The van der Waals surface area contributed by atoms with E-state index in [9.17, 15) is 0 Å². The van der Waals surface area contributed by atoms with Crippen LogP contribution in [0.4, 0.5) is 11.4 Å². The molecule has 0 bridgehead atoms. The van der Waals surface area contributed by atoms with E-state index in [0.717, 1.165) is 17.1 Å². The van der Waals surface area contributed by atoms with Crippen LogP contribution in [-0.2, 0) is 0 Å². The Balaban J connectivity index is 2.32. The Bertz CT molecular complexity index is 525. The first-order valence-corrected chi connectivity index (χ1v) is 6.45. The van der Waals surface area contributed by atoms with Crippen molar-refractivity contribution in [3.63, 3.8) is 0 Å². The molecule has 2 aromatic rings. The van der Waals surface area contributed by atoms with Gasteiger partial charge in [-0.2, -0.15) is 0 Å². The molecule has 0 saturated carbocycles. The van der Waals surface area contributed by atoms with Crippen molar-refractivity contribution in [3.8, 4) is 5.75 Å². The van der Waals surface area contributed by atoms with Gasteiger partial charge in [0.2, 0.25) is 0 Å². The van der Waals surface area contributed by atoms with E-state index >= 15 is 0 Å². The molecule has 3 heteroatoms. The number of hydrogen-bond acceptors (Lipinski definition) is 2. The molecule has 2 aromatic carbocycles. The molecule has 88 valence electrons. The number of benzene rings is 2. The van der Waals surface area contributed by atoms with E-state index in [1.807, 2.05) is 24.3 Å². The predicted molar refractivity (Wildman–Crippen MR) is 80.2 cm³/mol. The topological polar surface area (TPSA) is 21.3 Å². The Labute approximate surface area is 115 Å². The van der Waals surface area contributed by atoms with E-state index in [-0.39, 0.29) is 0 Å². The molecular formula is C14H14INO. The van der Waals surface area contributed by atoms with E-state index in [0.29, 0.717) is 0 Å². The third-order valence-corrected chi connectivity index (χ3v) is 3.53. The molecule has 2 nitrogen and oxygen atoms in total. The summed E-state index contributed by atoms with van der Waals surface area (Å²) >= 11 is 2.32. The lowest BCUT2D eigenvalue weighted by atomic mass is 10.2. The average molecular weight is 339 g/mol. The van der Waals surface area contributed by atoms with Crippen LogP contribution in [0.25, 0.3) is 0 Å². The number of aryl methyl sites for hydroxylation is 1. The Morgan fingerprint density at radius 1 is 1.06 bits per heavy atom. The average Bonchev–Trinajstić information content (AvgIpc) is 2.35. The number of anilines is 2. The Kier molecular flexibility index (Phi) is 3.89. The minimum Gasteiger partial charge on any atom is -0.497 e. The van der Waals surface area contributed by atoms with Crippen LogP contribution in [0.1, 0.15) is 5.56 Å². The summed E-state index contributed by atoms with van der Waals surface area (Å²) in [7, 11) is 1.68. The zero-order valence-corrected chi connectivity index (χ0v) is 12.0. The SMILES string of the molecule is COc1ccc(C)c(Nc2ccccc2I)c1. The zero-order valence-electron chi connectivity index (χ0n) is 9.83. The van der Waals surface area contributed by atoms with Crippen LogP contribution < -0.4 is 10.1 Å². The summed E-state index contributed by atoms with van der Waals surface area (Å²) in [5.74, 6) is 0.865. The lowest BCUT2D eigenvalue weighted by Gasteiger charge is -2.12. The van der Waals surface area contributed by atoms with Crippen LogP contribution in [0.3, 0.4) is 0 Å². The summed E-state index contributed by atoms with van der Waals surface area (Å²) < 4.78 is 6.44. The number of para-hydroxylation sites is 1. The molecule has 0 spiro atoms. The Morgan fingerprint density at radius 2 is 1.82 bits per heavy atom. The number of nitrogens with one attached hydrogen (secondary N) is 1. The van der Waals surface area contributed by atoms with Crippen LogP contribution in [-0.4, -0.2) is 7.11 Å². The number of halogens is 1. The van der Waals surface area contributed by atoms with Gasteiger partial charge in [0.25, 0.3) is 0 Å². The van der Waals surface area contributed by atoms with Gasteiger partial charge in [-0.15, -0.1) is 0 Å². The third kappa shape index (κ3) is 2.91. The number of rotatable bonds is 3. The van der Waals surface area contributed by atoms with Gasteiger partial charge in [-0.1, -0.05) is 18.2 Å². The monoisotopic (exact) mass is 339 g/mol. The van der Waals surface area contributed by atoms with E-state index in [4.69, 9.17) is 4.74 Å². The van der Waals surface area contributed by atoms with Gasteiger partial charge in [0.05, 0.1) is 12.8 Å². The van der Waals surface area contributed by atoms with Gasteiger partial charge < -0.3 is 10.1 Å². The standard InChI is InChI=1S/C14H14INO/c1-10-7-8-11(17-2)9-14(10)16-13-6-4-3-5-12(13)15/h3-9,16H,1-2H3. The molecule has 0 atom stereocenters. The fourth-order valence-electron chi connectivity index (χ4n) is 1.57. The lowest BCUT2D eigenvalue weighted by molar-refractivity contribution is 0.415. The van der Waals surface area contributed by atoms with Crippen molar-refractivity contribution in [1.29, 1.82) is 0 Å². The minimum atomic E-state index is 0.865. The molecule has 0 aliphatic carbocycles. The van der Waals surface area contributed by atoms with Gasteiger partial charge >= 0.3 is 0 Å². The van der Waals surface area contributed by atoms with Crippen LogP contribution in [0, 0.1) is 10.5 Å². The first-order chi connectivity index (χ1) is 8.20. The molecule has 0 aliphatic rings. The van der Waals surface area contributed by atoms with Crippen molar-refractivity contribution in [2.45, 2.75) is 6.92 Å². The van der Waals surface area contributed by atoms with Crippen molar-refractivity contribution >= 4 is 34.0 Å². The largest absolute Gasteiger partial charge is 0.497 e. The zero-order chi connectivity index (χ0) is 12.3. The maximum Gasteiger partial charge on any atom is 0.120 e. The molecule has 2 rings (SSSR count). The molecule has 0 fully saturated rings. The highest BCUT2D eigenvalue weighted by atomic mass is 127. The van der Waals surface area contributed by atoms with Gasteiger partial charge in [0.1, 0.15) is 5.75 Å². The molecule has 0 heterocycles. The molecule has 17 heavy (non-hydrogen) atoms. The van der Waals surface area contributed by atoms with E-state index in [1.54, 1.807) is 7.11 Å². The molecular weight excluding hydrogens is 325 g/mol. The predicted octanol–water partition coefficient (Wildman–Crippen LogP) is 4.35. The molecule has 0 radical (unpaired) electrons. The normalized spacial score (nSPS) is 10.1. The summed E-state index contributed by atoms with van der Waals surface area (Å²) in [6.45, 7) is 2.08. The number of ether oxygens (including phenoxy) is 1. The maximum absolute atomic E-state index is 5.24. The number of hydrogen-bond donors (Lipinski definition) is 1. The highest BCUT2D eigenvalue weighted by Crippen LogP contribution is 2.27. The van der Waals surface area contributed by atoms with Crippen LogP contribution in [0.5, 0.6) is 5.75 Å². The molecule has 0 unspecified atom stereocenters. The molecule has 0 amide bonds. The highest BCUT2D eigenvalue weighted by molar-refractivity contribution is 14.1. The van der Waals surface area contributed by atoms with Crippen molar-refractivity contribution in [2.75, 3.05) is 12.4 Å². The molecule has 0 aromatic heterocycles. The first-order valence-electron chi connectivity index (χ1n) is 5.37. The second-order valence-electron chi connectivity index (χ2n) is 3.79. The molecule has 0 saturated heterocycles. The third-order valence-electron chi connectivity index (χ3n) is 2.59. The fraction of sp³-hybridized carbons (Fsp3) is 0.143. The summed E-state index contributed by atoms with van der Waals surface area (Å²) in [5, 5.41) is 3.43. The van der Waals surface area contributed by atoms with Crippen molar-refractivity contribution < 1.29 is 4.74 Å². The van der Waals surface area contributed by atoms with Crippen LogP contribution in [0.15, 0.2) is 42.5 Å². The second kappa shape index (κ2) is 5.40. The van der Waals surface area contributed by atoms with E-state index in [1.165, 1.54) is 9.13 Å². The van der Waals surface area contributed by atoms with E-state index < -0.39 is 0 Å². The van der Waals surface area contributed by atoms with Crippen molar-refractivity contribution in [2.24, 2.45) is 0 Å². The Hall–Kier alpha value is -1.23. The maximum atomic E-state index is 5.24. The fourth-order valence-corrected chi connectivity index (χ4v) is 2.09. The van der Waals surface area contributed by atoms with Crippen molar-refractivity contribution in [3.05, 3.63) is 51.6 Å². The van der Waals surface area contributed by atoms with Crippen molar-refractivity contribution in [1.82, 2.24) is 0 Å². The molecule has 0 aliphatic heterocycles. The first kappa shape index (κ1) is 12.2. The lowest BCUT2D eigenvalue weighted by Crippen LogP contribution is -1.96. The molecule has 1 N–H and O–H groups in total. The quantitative estimate of drug-likeness (QED) is 0.840. The van der Waals surface area contributed by atoms with Gasteiger partial charge in [-0.3, -0.25) is 0 Å². The summed E-state index contributed by atoms with van der Waals surface area (Å²) in [6.07, 6.45) is 0. The Morgan fingerprint density at radius 3 is 2.53 bits per heavy atom. The minimum absolute atomic E-state index is 0.865. The summed E-state index contributed by atoms with van der Waals surface area (Å²) in [5.41, 5.74) is 3.39.